The van der Waals surface area contributed by atoms with Gasteiger partial charge in [-0.15, -0.1) is 10.2 Å². The van der Waals surface area contributed by atoms with E-state index in [1.165, 1.54) is 26.9 Å². The second kappa shape index (κ2) is 11.9. The second-order valence-corrected chi connectivity index (χ2v) is 9.20. The van der Waals surface area contributed by atoms with Crippen LogP contribution in [0.2, 0.25) is 5.28 Å². The van der Waals surface area contributed by atoms with Gasteiger partial charge in [-0.25, -0.2) is 4.68 Å². The van der Waals surface area contributed by atoms with Crippen LogP contribution in [-0.2, 0) is 11.2 Å². The molecule has 0 aliphatic heterocycles. The lowest BCUT2D eigenvalue weighted by Gasteiger charge is -2.25. The molecular weight excluding hydrogens is 458 g/mol. The normalized spacial score (nSPS) is 15.0. The van der Waals surface area contributed by atoms with Gasteiger partial charge in [0.25, 0.3) is 0 Å². The fourth-order valence-corrected chi connectivity index (χ4v) is 4.28. The van der Waals surface area contributed by atoms with Crippen molar-refractivity contribution in [1.29, 1.82) is 0 Å². The molecule has 0 bridgehead atoms. The standard InChI is InChI=1S/C28H32ClN5O/c1-21(13-16-27-31-32-28(29)34(27)30)35-26-19-23(14-15-25(26)24-11-7-4-8-12-24)20-33(2)18-17-22-9-5-3-6-10-22/h3-13,16,19,21H,14-15,17-18,20,30H2,1-2H3/b16-13-. The molecule has 7 heteroatoms. The molecule has 35 heavy (non-hydrogen) atoms. The molecule has 6 nitrogen and oxygen atoms in total. The van der Waals surface area contributed by atoms with E-state index < -0.39 is 0 Å². The molecule has 4 rings (SSSR count). The number of hydrogen-bond donors (Lipinski definition) is 1. The predicted molar refractivity (Wildman–Crippen MR) is 143 cm³/mol. The fourth-order valence-electron chi connectivity index (χ4n) is 4.16. The molecule has 182 valence electrons. The zero-order valence-corrected chi connectivity index (χ0v) is 21.0. The number of likely N-dealkylation sites (N-methyl/N-ethyl adjacent to an activating group) is 1. The summed E-state index contributed by atoms with van der Waals surface area (Å²) in [5.41, 5.74) is 5.16. The Balaban J connectivity index is 1.48. The Morgan fingerprint density at radius 2 is 1.80 bits per heavy atom. The van der Waals surface area contributed by atoms with Gasteiger partial charge in [0.1, 0.15) is 11.9 Å². The van der Waals surface area contributed by atoms with Gasteiger partial charge in [0.2, 0.25) is 5.28 Å². The molecule has 1 aliphatic carbocycles. The van der Waals surface area contributed by atoms with Gasteiger partial charge >= 0.3 is 0 Å². The molecule has 1 heterocycles. The van der Waals surface area contributed by atoms with Crippen molar-refractivity contribution in [2.24, 2.45) is 0 Å². The average molecular weight is 490 g/mol. The van der Waals surface area contributed by atoms with Crippen molar-refractivity contribution >= 4 is 23.3 Å². The summed E-state index contributed by atoms with van der Waals surface area (Å²) in [5, 5.41) is 7.88. The maximum atomic E-state index is 6.43. The minimum Gasteiger partial charge on any atom is -0.486 e. The van der Waals surface area contributed by atoms with E-state index in [1.54, 1.807) is 6.08 Å². The lowest BCUT2D eigenvalue weighted by Crippen LogP contribution is -2.24. The summed E-state index contributed by atoms with van der Waals surface area (Å²) in [6.07, 6.45) is 8.72. The van der Waals surface area contributed by atoms with Crippen LogP contribution in [0, 0.1) is 0 Å². The minimum absolute atomic E-state index is 0.142. The topological polar surface area (TPSA) is 69.2 Å². The molecule has 1 aliphatic rings. The number of halogens is 1. The quantitative estimate of drug-likeness (QED) is 0.388. The van der Waals surface area contributed by atoms with E-state index in [2.05, 4.69) is 82.8 Å². The monoisotopic (exact) mass is 489 g/mol. The first-order valence-electron chi connectivity index (χ1n) is 11.9. The molecule has 1 aromatic heterocycles. The highest BCUT2D eigenvalue weighted by atomic mass is 35.5. The summed E-state index contributed by atoms with van der Waals surface area (Å²) >= 11 is 5.88. The van der Waals surface area contributed by atoms with Gasteiger partial charge in [0.15, 0.2) is 5.82 Å². The fraction of sp³-hybridized carbons (Fsp3) is 0.286. The van der Waals surface area contributed by atoms with Gasteiger partial charge in [-0.1, -0.05) is 66.2 Å². The lowest BCUT2D eigenvalue weighted by molar-refractivity contribution is 0.181. The minimum atomic E-state index is -0.189. The molecule has 0 fully saturated rings. The van der Waals surface area contributed by atoms with Crippen molar-refractivity contribution in [2.75, 3.05) is 26.0 Å². The number of allylic oxidation sites excluding steroid dienone is 2. The summed E-state index contributed by atoms with van der Waals surface area (Å²) in [7, 11) is 2.18. The van der Waals surface area contributed by atoms with E-state index in [0.29, 0.717) is 5.82 Å². The molecule has 2 N–H and O–H groups in total. The molecule has 0 radical (unpaired) electrons. The number of nitrogens with zero attached hydrogens (tertiary/aromatic N) is 4. The van der Waals surface area contributed by atoms with Crippen molar-refractivity contribution in [3.05, 3.63) is 106 Å². The maximum Gasteiger partial charge on any atom is 0.243 e. The smallest absolute Gasteiger partial charge is 0.243 e. The molecule has 0 spiro atoms. The van der Waals surface area contributed by atoms with E-state index in [9.17, 15) is 0 Å². The van der Waals surface area contributed by atoms with Crippen molar-refractivity contribution in [2.45, 2.75) is 32.3 Å². The number of ether oxygens (including phenoxy) is 1. The van der Waals surface area contributed by atoms with E-state index in [4.69, 9.17) is 22.2 Å². The maximum absolute atomic E-state index is 6.43. The highest BCUT2D eigenvalue weighted by molar-refractivity contribution is 6.28. The Morgan fingerprint density at radius 1 is 1.09 bits per heavy atom. The van der Waals surface area contributed by atoms with Crippen LogP contribution in [0.25, 0.3) is 11.6 Å². The third-order valence-corrected chi connectivity index (χ3v) is 6.32. The second-order valence-electron chi connectivity index (χ2n) is 8.86. The van der Waals surface area contributed by atoms with Crippen LogP contribution in [0.4, 0.5) is 0 Å². The number of nitrogens with two attached hydrogens (primary N) is 1. The Bertz CT molecular complexity index is 1200. The van der Waals surface area contributed by atoms with Crippen LogP contribution >= 0.6 is 11.6 Å². The van der Waals surface area contributed by atoms with E-state index in [1.807, 2.05) is 19.1 Å². The SMILES string of the molecule is CC(/C=C\c1nnc(Cl)n1N)OC1=C(c2ccccc2)CCC(CN(C)CCc2ccccc2)=C1. The zero-order valence-electron chi connectivity index (χ0n) is 20.3. The van der Waals surface area contributed by atoms with Gasteiger partial charge in [-0.05, 0) is 74.2 Å². The molecule has 1 unspecified atom stereocenters. The molecule has 0 amide bonds. The number of benzene rings is 2. The summed E-state index contributed by atoms with van der Waals surface area (Å²) in [4.78, 5) is 2.38. The molecular formula is C28H32ClN5O. The van der Waals surface area contributed by atoms with E-state index in [0.717, 1.165) is 38.1 Å². The Kier molecular flexibility index (Phi) is 8.40. The van der Waals surface area contributed by atoms with Gasteiger partial charge < -0.3 is 15.5 Å². The van der Waals surface area contributed by atoms with E-state index in [-0.39, 0.29) is 11.4 Å². The number of aromatic nitrogens is 3. The third kappa shape index (κ3) is 6.84. The first kappa shape index (κ1) is 24.8. The van der Waals surface area contributed by atoms with Crippen LogP contribution in [0.1, 0.15) is 36.7 Å². The number of nitrogen functional groups attached to an aromatic ring is 1. The highest BCUT2D eigenvalue weighted by Crippen LogP contribution is 2.33. The average Bonchev–Trinajstić information content (AvgIpc) is 3.20. The van der Waals surface area contributed by atoms with Crippen LogP contribution in [0.5, 0.6) is 0 Å². The Morgan fingerprint density at radius 3 is 2.49 bits per heavy atom. The van der Waals surface area contributed by atoms with Crippen LogP contribution < -0.4 is 5.84 Å². The first-order chi connectivity index (χ1) is 17.0. The number of rotatable bonds is 10. The highest BCUT2D eigenvalue weighted by Gasteiger charge is 2.19. The number of hydrogen-bond acceptors (Lipinski definition) is 5. The largest absolute Gasteiger partial charge is 0.486 e. The van der Waals surface area contributed by atoms with Gasteiger partial charge in [0, 0.05) is 18.7 Å². The van der Waals surface area contributed by atoms with Crippen LogP contribution in [0.15, 0.2) is 84.1 Å². The van der Waals surface area contributed by atoms with Crippen molar-refractivity contribution < 1.29 is 4.74 Å². The van der Waals surface area contributed by atoms with Gasteiger partial charge in [-0.3, -0.25) is 0 Å². The molecule has 0 saturated carbocycles. The molecule has 1 atom stereocenters. The Labute approximate surface area is 212 Å². The third-order valence-electron chi connectivity index (χ3n) is 6.06. The zero-order chi connectivity index (χ0) is 24.6. The Hall–Kier alpha value is -3.35. The first-order valence-corrected chi connectivity index (χ1v) is 12.3. The van der Waals surface area contributed by atoms with Crippen molar-refractivity contribution in [3.8, 4) is 0 Å². The molecule has 0 saturated heterocycles. The summed E-state index contributed by atoms with van der Waals surface area (Å²) in [6.45, 7) is 3.92. The predicted octanol–water partition coefficient (Wildman–Crippen LogP) is 5.37. The summed E-state index contributed by atoms with van der Waals surface area (Å²) in [5.74, 6) is 7.23. The van der Waals surface area contributed by atoms with Crippen LogP contribution in [0.3, 0.4) is 0 Å². The summed E-state index contributed by atoms with van der Waals surface area (Å²) < 4.78 is 7.67. The van der Waals surface area contributed by atoms with Crippen molar-refractivity contribution in [1.82, 2.24) is 19.8 Å². The van der Waals surface area contributed by atoms with Crippen molar-refractivity contribution in [3.63, 3.8) is 0 Å². The lowest BCUT2D eigenvalue weighted by atomic mass is 9.91. The summed E-state index contributed by atoms with van der Waals surface area (Å²) in [6, 6.07) is 21.1. The molecule has 2 aromatic carbocycles. The van der Waals surface area contributed by atoms with Gasteiger partial charge in [0.05, 0.1) is 0 Å². The van der Waals surface area contributed by atoms with E-state index >= 15 is 0 Å². The molecule has 3 aromatic rings. The van der Waals surface area contributed by atoms with Crippen LogP contribution in [-0.4, -0.2) is 46.0 Å². The van der Waals surface area contributed by atoms with Gasteiger partial charge in [-0.2, -0.15) is 0 Å².